The van der Waals surface area contributed by atoms with Crippen molar-refractivity contribution in [1.82, 2.24) is 4.98 Å². The maximum atomic E-state index is 10.9. The molecule has 0 aliphatic heterocycles. The van der Waals surface area contributed by atoms with Crippen LogP contribution in [0.2, 0.25) is 0 Å². The Kier molecular flexibility index (Phi) is 4.45. The number of hydrogen-bond acceptors (Lipinski definition) is 7. The number of carboxylic acids is 1. The van der Waals surface area contributed by atoms with Gasteiger partial charge in [0.05, 0.1) is 11.0 Å². The van der Waals surface area contributed by atoms with Gasteiger partial charge in [0.1, 0.15) is 0 Å². The van der Waals surface area contributed by atoms with Crippen LogP contribution in [0.1, 0.15) is 22.2 Å². The van der Waals surface area contributed by atoms with E-state index in [2.05, 4.69) is 10.3 Å². The van der Waals surface area contributed by atoms with Gasteiger partial charge in [-0.05, 0) is 28.5 Å². The van der Waals surface area contributed by atoms with Crippen LogP contribution in [0, 0.1) is 10.1 Å². The number of nitrogens with one attached hydrogen (secondary N) is 1. The first kappa shape index (κ1) is 14.9. The molecule has 0 radical (unpaired) electrons. The molecule has 3 N–H and O–H groups in total. The van der Waals surface area contributed by atoms with Crippen molar-refractivity contribution in [3.05, 3.63) is 50.3 Å². The predicted octanol–water partition coefficient (Wildman–Crippen LogP) is 1.89. The van der Waals surface area contributed by atoms with E-state index in [1.54, 1.807) is 16.8 Å². The van der Waals surface area contributed by atoms with E-state index in [0.717, 1.165) is 12.1 Å². The highest BCUT2D eigenvalue weighted by molar-refractivity contribution is 7.07. The number of aromatic nitrogens is 1. The van der Waals surface area contributed by atoms with Gasteiger partial charge in [-0.2, -0.15) is 11.3 Å². The number of hydrogen-bond donors (Lipinski definition) is 3. The fraction of sp³-hybridized carbons (Fsp3) is 0.167. The summed E-state index contributed by atoms with van der Waals surface area (Å²) in [5, 5.41) is 35.8. The highest BCUT2D eigenvalue weighted by atomic mass is 32.1. The first-order valence-corrected chi connectivity index (χ1v) is 6.76. The van der Waals surface area contributed by atoms with E-state index in [9.17, 15) is 20.0 Å². The highest BCUT2D eigenvalue weighted by Crippen LogP contribution is 2.24. The van der Waals surface area contributed by atoms with Gasteiger partial charge < -0.3 is 15.5 Å². The summed E-state index contributed by atoms with van der Waals surface area (Å²) in [6.07, 6.45) is -0.869. The van der Waals surface area contributed by atoms with Crippen LogP contribution < -0.4 is 5.32 Å². The number of aliphatic hydroxyl groups is 1. The maximum Gasteiger partial charge on any atom is 0.354 e. The van der Waals surface area contributed by atoms with Gasteiger partial charge in [-0.15, -0.1) is 0 Å². The van der Waals surface area contributed by atoms with Crippen LogP contribution in [-0.2, 0) is 0 Å². The lowest BCUT2D eigenvalue weighted by atomic mass is 10.2. The predicted molar refractivity (Wildman–Crippen MR) is 75.6 cm³/mol. The molecular weight excluding hydrogens is 298 g/mol. The van der Waals surface area contributed by atoms with E-state index in [1.807, 2.05) is 0 Å². The Bertz CT molecular complexity index is 659. The van der Waals surface area contributed by atoms with E-state index in [0.29, 0.717) is 5.56 Å². The van der Waals surface area contributed by atoms with E-state index < -0.39 is 17.0 Å². The quantitative estimate of drug-likeness (QED) is 0.549. The summed E-state index contributed by atoms with van der Waals surface area (Å²) in [5.74, 6) is -1.47. The lowest BCUT2D eigenvalue weighted by Gasteiger charge is -2.11. The van der Waals surface area contributed by atoms with Crippen LogP contribution >= 0.6 is 11.3 Å². The van der Waals surface area contributed by atoms with Crippen LogP contribution in [0.4, 0.5) is 11.5 Å². The van der Waals surface area contributed by atoms with E-state index in [1.165, 1.54) is 11.3 Å². The average Bonchev–Trinajstić information content (AvgIpc) is 2.98. The molecule has 110 valence electrons. The maximum absolute atomic E-state index is 10.9. The molecule has 1 atom stereocenters. The number of nitro groups is 1. The molecule has 0 fully saturated rings. The number of anilines is 1. The van der Waals surface area contributed by atoms with Gasteiger partial charge in [0.25, 0.3) is 0 Å². The van der Waals surface area contributed by atoms with Gasteiger partial charge >= 0.3 is 11.7 Å². The van der Waals surface area contributed by atoms with Crippen molar-refractivity contribution in [2.24, 2.45) is 0 Å². The molecule has 8 nitrogen and oxygen atoms in total. The van der Waals surface area contributed by atoms with Gasteiger partial charge in [0, 0.05) is 12.6 Å². The molecule has 0 saturated carbocycles. The molecule has 2 rings (SSSR count). The Balaban J connectivity index is 2.19. The molecule has 0 spiro atoms. The van der Waals surface area contributed by atoms with Crippen molar-refractivity contribution < 1.29 is 19.9 Å². The van der Waals surface area contributed by atoms with Crippen molar-refractivity contribution in [1.29, 1.82) is 0 Å². The fourth-order valence-corrected chi connectivity index (χ4v) is 2.33. The highest BCUT2D eigenvalue weighted by Gasteiger charge is 2.19. The van der Waals surface area contributed by atoms with Gasteiger partial charge in [0.2, 0.25) is 5.82 Å². The average molecular weight is 309 g/mol. The molecule has 9 heteroatoms. The molecule has 0 aliphatic rings. The van der Waals surface area contributed by atoms with Gasteiger partial charge in [-0.25, -0.2) is 9.78 Å². The normalized spacial score (nSPS) is 11.9. The summed E-state index contributed by atoms with van der Waals surface area (Å²) in [7, 11) is 0. The zero-order chi connectivity index (χ0) is 15.4. The van der Waals surface area contributed by atoms with Crippen LogP contribution in [0.25, 0.3) is 0 Å². The molecular formula is C12H11N3O5S. The molecule has 2 aromatic rings. The van der Waals surface area contributed by atoms with Crippen molar-refractivity contribution in [2.45, 2.75) is 6.10 Å². The number of carboxylic acid groups (broad SMARTS) is 1. The lowest BCUT2D eigenvalue weighted by Crippen LogP contribution is -2.15. The number of nitrogens with zero attached hydrogens (tertiary/aromatic N) is 2. The largest absolute Gasteiger partial charge is 0.477 e. The third-order valence-electron chi connectivity index (χ3n) is 2.68. The van der Waals surface area contributed by atoms with E-state index in [-0.39, 0.29) is 23.7 Å². The second-order valence-electron chi connectivity index (χ2n) is 4.08. The minimum absolute atomic E-state index is 0.0202. The van der Waals surface area contributed by atoms with Gasteiger partial charge in [-0.3, -0.25) is 10.1 Å². The van der Waals surface area contributed by atoms with E-state index in [4.69, 9.17) is 5.11 Å². The summed E-state index contributed by atoms with van der Waals surface area (Å²) in [4.78, 5) is 24.8. The molecule has 0 aromatic carbocycles. The molecule has 2 aromatic heterocycles. The standard InChI is InChI=1S/C12H11N3O5S/c16-10(7-3-4-21-6-7)5-13-11-9(15(19)20)2-1-8(14-11)12(17)18/h1-4,6,10,16H,5H2,(H,13,14)(H,17,18). The van der Waals surface area contributed by atoms with Gasteiger partial charge in [0.15, 0.2) is 5.69 Å². The zero-order valence-electron chi connectivity index (χ0n) is 10.6. The Hall–Kier alpha value is -2.52. The number of pyridine rings is 1. The Morgan fingerprint density at radius 3 is 2.81 bits per heavy atom. The third kappa shape index (κ3) is 3.52. The summed E-state index contributed by atoms with van der Waals surface area (Å²) >= 11 is 1.41. The van der Waals surface area contributed by atoms with Crippen LogP contribution in [-0.4, -0.2) is 32.6 Å². The minimum Gasteiger partial charge on any atom is -0.477 e. The smallest absolute Gasteiger partial charge is 0.354 e. The summed E-state index contributed by atoms with van der Waals surface area (Å²) < 4.78 is 0. The van der Waals surface area contributed by atoms with Crippen molar-refractivity contribution >= 4 is 28.8 Å². The van der Waals surface area contributed by atoms with Gasteiger partial charge in [-0.1, -0.05) is 0 Å². The zero-order valence-corrected chi connectivity index (χ0v) is 11.4. The molecule has 0 amide bonds. The fourth-order valence-electron chi connectivity index (χ4n) is 1.62. The molecule has 21 heavy (non-hydrogen) atoms. The molecule has 0 aliphatic carbocycles. The lowest BCUT2D eigenvalue weighted by molar-refractivity contribution is -0.384. The Morgan fingerprint density at radius 1 is 1.48 bits per heavy atom. The summed E-state index contributed by atoms with van der Waals surface area (Å²) in [6.45, 7) is -0.0202. The number of aromatic carboxylic acids is 1. The Morgan fingerprint density at radius 2 is 2.24 bits per heavy atom. The van der Waals surface area contributed by atoms with Crippen LogP contribution in [0.3, 0.4) is 0 Å². The van der Waals surface area contributed by atoms with Crippen molar-refractivity contribution in [2.75, 3.05) is 11.9 Å². The minimum atomic E-state index is -1.29. The second kappa shape index (κ2) is 6.29. The number of rotatable bonds is 6. The topological polar surface area (TPSA) is 126 Å². The molecule has 0 saturated heterocycles. The molecule has 1 unspecified atom stereocenters. The molecule has 2 heterocycles. The van der Waals surface area contributed by atoms with Crippen LogP contribution in [0.15, 0.2) is 29.0 Å². The van der Waals surface area contributed by atoms with Crippen molar-refractivity contribution in [3.8, 4) is 0 Å². The Labute approximate surface area is 122 Å². The second-order valence-corrected chi connectivity index (χ2v) is 4.86. The first-order valence-electron chi connectivity index (χ1n) is 5.82. The van der Waals surface area contributed by atoms with Crippen LogP contribution in [0.5, 0.6) is 0 Å². The number of carbonyl (C=O) groups is 1. The SMILES string of the molecule is O=C(O)c1ccc([N+](=O)[O-])c(NCC(O)c2ccsc2)n1. The summed E-state index contributed by atoms with van der Waals surface area (Å²) in [5.41, 5.74) is 0.00943. The third-order valence-corrected chi connectivity index (χ3v) is 3.38. The molecule has 0 bridgehead atoms. The monoisotopic (exact) mass is 309 g/mol. The summed E-state index contributed by atoms with van der Waals surface area (Å²) in [6, 6.07) is 3.85. The van der Waals surface area contributed by atoms with E-state index >= 15 is 0 Å². The van der Waals surface area contributed by atoms with Crippen molar-refractivity contribution in [3.63, 3.8) is 0 Å². The number of thiophene rings is 1. The first-order chi connectivity index (χ1) is 9.99. The number of aliphatic hydroxyl groups excluding tert-OH is 1.